The molecule has 162 valence electrons. The molecule has 3 rings (SSSR count). The topological polar surface area (TPSA) is 107 Å². The number of hydrogen-bond acceptors (Lipinski definition) is 7. The molecule has 0 saturated carbocycles. The number of carbonyl (C=O) groups is 1. The zero-order chi connectivity index (χ0) is 21.6. The molecule has 1 aliphatic rings. The zero-order valence-electron chi connectivity index (χ0n) is 16.3. The number of anilines is 1. The Bertz CT molecular complexity index is 939. The maximum atomic E-state index is 13.1. The summed E-state index contributed by atoms with van der Waals surface area (Å²) in [5.74, 6) is 0.235. The molecule has 1 N–H and O–H groups in total. The molecule has 0 bridgehead atoms. The third-order valence-electron chi connectivity index (χ3n) is 5.09. The van der Waals surface area contributed by atoms with Crippen LogP contribution in [0.1, 0.15) is 17.9 Å². The fourth-order valence-corrected chi connectivity index (χ4v) is 5.40. The summed E-state index contributed by atoms with van der Waals surface area (Å²) in [6.07, 6.45) is 2.03. The molecule has 9 nitrogen and oxygen atoms in total. The van der Waals surface area contributed by atoms with Gasteiger partial charge in [-0.1, -0.05) is 41.9 Å². The standard InChI is InChI=1S/C19H24ClN5O4S/c20-18-12-19(22-14-21-18)23-8-10-25(11-9-23)30(28,29)13-17(6-7-24(27)15-26)16-4-2-1-3-5-16/h1-5,12,14-15,17,27H,6-11,13H2. The first-order valence-electron chi connectivity index (χ1n) is 9.55. The number of rotatable bonds is 9. The summed E-state index contributed by atoms with van der Waals surface area (Å²) in [7, 11) is -3.54. The molecule has 2 aromatic rings. The molecule has 1 aliphatic heterocycles. The summed E-state index contributed by atoms with van der Waals surface area (Å²) in [4.78, 5) is 20.7. The lowest BCUT2D eigenvalue weighted by molar-refractivity contribution is -0.149. The van der Waals surface area contributed by atoms with Crippen LogP contribution in [-0.2, 0) is 14.8 Å². The van der Waals surface area contributed by atoms with Crippen molar-refractivity contribution in [3.05, 3.63) is 53.4 Å². The van der Waals surface area contributed by atoms with Crippen molar-refractivity contribution >= 4 is 33.9 Å². The number of aromatic nitrogens is 2. The first-order valence-corrected chi connectivity index (χ1v) is 11.5. The first kappa shape index (κ1) is 22.4. The maximum Gasteiger partial charge on any atom is 0.233 e. The predicted octanol–water partition coefficient (Wildman–Crippen LogP) is 1.60. The van der Waals surface area contributed by atoms with Gasteiger partial charge < -0.3 is 4.90 Å². The Kier molecular flexibility index (Phi) is 7.59. The third kappa shape index (κ3) is 5.88. The van der Waals surface area contributed by atoms with E-state index in [4.69, 9.17) is 11.6 Å². The number of hydroxylamine groups is 2. The van der Waals surface area contributed by atoms with Crippen LogP contribution in [0.5, 0.6) is 0 Å². The largest absolute Gasteiger partial charge is 0.354 e. The van der Waals surface area contributed by atoms with Gasteiger partial charge in [0.1, 0.15) is 17.3 Å². The summed E-state index contributed by atoms with van der Waals surface area (Å²) in [6.45, 7) is 1.73. The Morgan fingerprint density at radius 1 is 1.17 bits per heavy atom. The van der Waals surface area contributed by atoms with Gasteiger partial charge in [-0.3, -0.25) is 10.0 Å². The minimum atomic E-state index is -3.54. The van der Waals surface area contributed by atoms with Crippen LogP contribution in [0, 0.1) is 0 Å². The average molecular weight is 454 g/mol. The lowest BCUT2D eigenvalue weighted by Gasteiger charge is -2.35. The van der Waals surface area contributed by atoms with Crippen LogP contribution >= 0.6 is 11.6 Å². The number of carbonyl (C=O) groups excluding carboxylic acids is 1. The molecular formula is C19H24ClN5O4S. The number of halogens is 1. The van der Waals surface area contributed by atoms with Gasteiger partial charge in [-0.25, -0.2) is 23.4 Å². The number of nitrogens with zero attached hydrogens (tertiary/aromatic N) is 5. The summed E-state index contributed by atoms with van der Waals surface area (Å²) in [6, 6.07) is 10.9. The molecule has 1 aromatic carbocycles. The van der Waals surface area contributed by atoms with Gasteiger partial charge in [0.05, 0.1) is 5.75 Å². The van der Waals surface area contributed by atoms with Gasteiger partial charge >= 0.3 is 0 Å². The Morgan fingerprint density at radius 2 is 1.87 bits per heavy atom. The van der Waals surface area contributed by atoms with Crippen molar-refractivity contribution in [2.75, 3.05) is 43.4 Å². The van der Waals surface area contributed by atoms with E-state index in [2.05, 4.69) is 9.97 Å². The molecule has 1 aromatic heterocycles. The maximum absolute atomic E-state index is 13.1. The smallest absolute Gasteiger partial charge is 0.233 e. The molecule has 1 atom stereocenters. The SMILES string of the molecule is O=CN(O)CCC(CS(=O)(=O)N1CCN(c2cc(Cl)ncn2)CC1)c1ccccc1. The fourth-order valence-electron chi connectivity index (χ4n) is 3.46. The quantitative estimate of drug-likeness (QED) is 0.266. The Balaban J connectivity index is 1.66. The molecule has 0 spiro atoms. The van der Waals surface area contributed by atoms with Gasteiger partial charge in [0, 0.05) is 44.7 Å². The molecule has 0 aliphatic carbocycles. The van der Waals surface area contributed by atoms with Gasteiger partial charge in [0.25, 0.3) is 0 Å². The molecule has 1 fully saturated rings. The van der Waals surface area contributed by atoms with Gasteiger partial charge in [-0.15, -0.1) is 0 Å². The highest BCUT2D eigenvalue weighted by molar-refractivity contribution is 7.89. The van der Waals surface area contributed by atoms with Crippen molar-refractivity contribution < 1.29 is 18.4 Å². The number of hydrogen-bond donors (Lipinski definition) is 1. The molecule has 2 heterocycles. The molecule has 1 saturated heterocycles. The van der Waals surface area contributed by atoms with Crippen LogP contribution in [0.2, 0.25) is 5.15 Å². The predicted molar refractivity (Wildman–Crippen MR) is 113 cm³/mol. The van der Waals surface area contributed by atoms with E-state index in [1.54, 1.807) is 6.07 Å². The second kappa shape index (κ2) is 10.2. The van der Waals surface area contributed by atoms with Crippen molar-refractivity contribution in [3.63, 3.8) is 0 Å². The van der Waals surface area contributed by atoms with Crippen LogP contribution in [0.3, 0.4) is 0 Å². The lowest BCUT2D eigenvalue weighted by Crippen LogP contribution is -2.50. The summed E-state index contributed by atoms with van der Waals surface area (Å²) in [5, 5.41) is 10.3. The van der Waals surface area contributed by atoms with E-state index in [-0.39, 0.29) is 18.2 Å². The van der Waals surface area contributed by atoms with Crippen molar-refractivity contribution in [3.8, 4) is 0 Å². The zero-order valence-corrected chi connectivity index (χ0v) is 17.9. The Hall–Kier alpha value is -2.27. The molecule has 30 heavy (non-hydrogen) atoms. The summed E-state index contributed by atoms with van der Waals surface area (Å²) < 4.78 is 27.7. The minimum Gasteiger partial charge on any atom is -0.354 e. The van der Waals surface area contributed by atoms with Crippen molar-refractivity contribution in [2.45, 2.75) is 12.3 Å². The highest BCUT2D eigenvalue weighted by Gasteiger charge is 2.30. The van der Waals surface area contributed by atoms with E-state index in [0.717, 1.165) is 5.56 Å². The summed E-state index contributed by atoms with van der Waals surface area (Å²) in [5.41, 5.74) is 0.856. The van der Waals surface area contributed by atoms with Gasteiger partial charge in [0.2, 0.25) is 16.4 Å². The molecule has 11 heteroatoms. The second-order valence-corrected chi connectivity index (χ2v) is 9.43. The van der Waals surface area contributed by atoms with Crippen molar-refractivity contribution in [2.24, 2.45) is 0 Å². The van der Waals surface area contributed by atoms with E-state index < -0.39 is 10.0 Å². The molecule has 0 radical (unpaired) electrons. The summed E-state index contributed by atoms with van der Waals surface area (Å²) >= 11 is 5.92. The van der Waals surface area contributed by atoms with E-state index in [0.29, 0.717) is 55.0 Å². The minimum absolute atomic E-state index is 0.0564. The Morgan fingerprint density at radius 3 is 2.50 bits per heavy atom. The average Bonchev–Trinajstić information content (AvgIpc) is 2.77. The second-order valence-electron chi connectivity index (χ2n) is 7.03. The number of amides is 1. The van der Waals surface area contributed by atoms with E-state index in [9.17, 15) is 18.4 Å². The third-order valence-corrected chi connectivity index (χ3v) is 7.27. The fraction of sp³-hybridized carbons (Fsp3) is 0.421. The molecule has 1 amide bonds. The number of benzene rings is 1. The van der Waals surface area contributed by atoms with Crippen LogP contribution < -0.4 is 4.90 Å². The van der Waals surface area contributed by atoms with Gasteiger partial charge in [-0.05, 0) is 12.0 Å². The van der Waals surface area contributed by atoms with Gasteiger partial charge in [-0.2, -0.15) is 4.31 Å². The normalized spacial score (nSPS) is 16.3. The van der Waals surface area contributed by atoms with E-state index >= 15 is 0 Å². The molecular weight excluding hydrogens is 430 g/mol. The highest BCUT2D eigenvalue weighted by atomic mass is 35.5. The monoisotopic (exact) mass is 453 g/mol. The number of piperazine rings is 1. The van der Waals surface area contributed by atoms with Crippen LogP contribution in [0.4, 0.5) is 5.82 Å². The van der Waals surface area contributed by atoms with Crippen LogP contribution in [0.15, 0.2) is 42.7 Å². The van der Waals surface area contributed by atoms with Crippen LogP contribution in [-0.4, -0.2) is 77.8 Å². The van der Waals surface area contributed by atoms with Crippen LogP contribution in [0.25, 0.3) is 0 Å². The van der Waals surface area contributed by atoms with Gasteiger partial charge in [0.15, 0.2) is 0 Å². The van der Waals surface area contributed by atoms with E-state index in [1.807, 2.05) is 35.2 Å². The number of sulfonamides is 1. The first-order chi connectivity index (χ1) is 14.4. The highest BCUT2D eigenvalue weighted by Crippen LogP contribution is 2.25. The lowest BCUT2D eigenvalue weighted by atomic mass is 9.98. The Labute approximate surface area is 180 Å². The van der Waals surface area contributed by atoms with Crippen molar-refractivity contribution in [1.82, 2.24) is 19.3 Å². The van der Waals surface area contributed by atoms with Crippen molar-refractivity contribution in [1.29, 1.82) is 0 Å². The molecule has 1 unspecified atom stereocenters. The van der Waals surface area contributed by atoms with E-state index in [1.165, 1.54) is 10.6 Å².